The van der Waals surface area contributed by atoms with E-state index in [0.29, 0.717) is 6.42 Å². The Labute approximate surface area is 217 Å². The molecule has 0 spiro atoms. The van der Waals surface area contributed by atoms with Gasteiger partial charge >= 0.3 is 5.97 Å². The molecule has 0 rings (SSSR count). The molecule has 4 atom stereocenters. The van der Waals surface area contributed by atoms with Crippen LogP contribution in [-0.4, -0.2) is 95.6 Å². The molecule has 5 N–H and O–H groups in total. The van der Waals surface area contributed by atoms with Crippen molar-refractivity contribution in [3.8, 4) is 0 Å². The lowest BCUT2D eigenvalue weighted by molar-refractivity contribution is -0.148. The van der Waals surface area contributed by atoms with Gasteiger partial charge in [-0.3, -0.25) is 4.79 Å². The second-order valence-corrected chi connectivity index (χ2v) is 9.42. The monoisotopic (exact) mass is 520 g/mol. The molecule has 0 aliphatic carbocycles. The zero-order valence-electron chi connectivity index (χ0n) is 22.3. The molecule has 214 valence electrons. The molecule has 0 fully saturated rings. The van der Waals surface area contributed by atoms with E-state index in [9.17, 15) is 20.1 Å². The van der Waals surface area contributed by atoms with E-state index in [0.717, 1.165) is 57.8 Å². The second kappa shape index (κ2) is 25.6. The van der Waals surface area contributed by atoms with Gasteiger partial charge in [0.25, 0.3) is 0 Å². The molecule has 0 heterocycles. The van der Waals surface area contributed by atoms with E-state index in [-0.39, 0.29) is 45.1 Å². The molecule has 0 bridgehead atoms. The SMILES string of the molecule is CCCCCCC(O)CC=CCCCCCCCC(=O)OCC(O)COCC(O)COCC(O)CO. The normalized spacial score (nSPS) is 15.2. The maximum absolute atomic E-state index is 11.8. The number of carbonyl (C=O) groups is 1. The summed E-state index contributed by atoms with van der Waals surface area (Å²) in [6, 6.07) is 0. The Kier molecular flexibility index (Phi) is 24.8. The average Bonchev–Trinajstić information content (AvgIpc) is 2.86. The van der Waals surface area contributed by atoms with Crippen LogP contribution in [0.3, 0.4) is 0 Å². The summed E-state index contributed by atoms with van der Waals surface area (Å²) in [5.74, 6) is -0.346. The smallest absolute Gasteiger partial charge is 0.305 e. The number of hydrogen-bond acceptors (Lipinski definition) is 9. The molecular formula is C27H52O9. The Hall–Kier alpha value is -1.07. The first-order valence-corrected chi connectivity index (χ1v) is 13.7. The Morgan fingerprint density at radius 1 is 0.694 bits per heavy atom. The Morgan fingerprint density at radius 3 is 1.94 bits per heavy atom. The molecular weight excluding hydrogens is 468 g/mol. The van der Waals surface area contributed by atoms with Gasteiger partial charge in [-0.15, -0.1) is 0 Å². The molecule has 0 radical (unpaired) electrons. The van der Waals surface area contributed by atoms with Crippen LogP contribution >= 0.6 is 0 Å². The highest BCUT2D eigenvalue weighted by molar-refractivity contribution is 5.69. The van der Waals surface area contributed by atoms with Crippen molar-refractivity contribution in [2.45, 2.75) is 115 Å². The molecule has 0 aromatic rings. The van der Waals surface area contributed by atoms with Crippen molar-refractivity contribution >= 4 is 5.97 Å². The van der Waals surface area contributed by atoms with Gasteiger partial charge in [-0.25, -0.2) is 0 Å². The number of aliphatic hydroxyl groups is 5. The summed E-state index contributed by atoms with van der Waals surface area (Å²) in [5.41, 5.74) is 0. The summed E-state index contributed by atoms with van der Waals surface area (Å²) in [4.78, 5) is 11.8. The highest BCUT2D eigenvalue weighted by Crippen LogP contribution is 2.11. The first-order valence-electron chi connectivity index (χ1n) is 13.7. The van der Waals surface area contributed by atoms with E-state index in [1.54, 1.807) is 0 Å². The van der Waals surface area contributed by atoms with Gasteiger partial charge in [-0.05, 0) is 32.1 Å². The maximum Gasteiger partial charge on any atom is 0.305 e. The molecule has 0 aliphatic heterocycles. The van der Waals surface area contributed by atoms with E-state index in [1.165, 1.54) is 19.3 Å². The molecule has 0 saturated heterocycles. The molecule has 0 aromatic heterocycles. The van der Waals surface area contributed by atoms with Gasteiger partial charge in [0.05, 0.1) is 39.1 Å². The summed E-state index contributed by atoms with van der Waals surface area (Å²) >= 11 is 0. The van der Waals surface area contributed by atoms with Crippen LogP contribution in [0.1, 0.15) is 90.4 Å². The van der Waals surface area contributed by atoms with Crippen LogP contribution in [0.15, 0.2) is 12.2 Å². The minimum atomic E-state index is -0.988. The first kappa shape index (κ1) is 34.9. The number of unbranched alkanes of at least 4 members (excludes halogenated alkanes) is 8. The molecule has 0 aromatic carbocycles. The van der Waals surface area contributed by atoms with Crippen LogP contribution in [0.5, 0.6) is 0 Å². The van der Waals surface area contributed by atoms with Crippen molar-refractivity contribution in [3.05, 3.63) is 12.2 Å². The lowest BCUT2D eigenvalue weighted by Crippen LogP contribution is -2.29. The molecule has 0 saturated carbocycles. The van der Waals surface area contributed by atoms with Crippen molar-refractivity contribution in [3.63, 3.8) is 0 Å². The van der Waals surface area contributed by atoms with Crippen LogP contribution in [-0.2, 0) is 19.0 Å². The largest absolute Gasteiger partial charge is 0.463 e. The zero-order valence-corrected chi connectivity index (χ0v) is 22.3. The molecule has 36 heavy (non-hydrogen) atoms. The minimum Gasteiger partial charge on any atom is -0.463 e. The van der Waals surface area contributed by atoms with Crippen molar-refractivity contribution in [2.24, 2.45) is 0 Å². The fourth-order valence-electron chi connectivity index (χ4n) is 3.45. The number of esters is 1. The van der Waals surface area contributed by atoms with Gasteiger partial charge in [0, 0.05) is 6.42 Å². The van der Waals surface area contributed by atoms with Gasteiger partial charge in [-0.1, -0.05) is 64.0 Å². The molecule has 9 heteroatoms. The second-order valence-electron chi connectivity index (χ2n) is 9.42. The lowest BCUT2D eigenvalue weighted by Gasteiger charge is -2.15. The fourth-order valence-corrected chi connectivity index (χ4v) is 3.45. The summed E-state index contributed by atoms with van der Waals surface area (Å²) in [6.45, 7) is 1.30. The van der Waals surface area contributed by atoms with Gasteiger partial charge in [0.1, 0.15) is 24.9 Å². The average molecular weight is 521 g/mol. The van der Waals surface area contributed by atoms with Crippen LogP contribution < -0.4 is 0 Å². The molecule has 9 nitrogen and oxygen atoms in total. The van der Waals surface area contributed by atoms with Crippen LogP contribution in [0.2, 0.25) is 0 Å². The lowest BCUT2D eigenvalue weighted by atomic mass is 10.1. The summed E-state index contributed by atoms with van der Waals surface area (Å²) in [5, 5.41) is 47.2. The molecule has 0 aliphatic rings. The van der Waals surface area contributed by atoms with E-state index in [4.69, 9.17) is 24.4 Å². The standard InChI is InChI=1S/C27H52O9/c1-2-3-4-11-14-23(29)15-12-9-7-5-6-8-10-13-16-27(33)36-22-26(32)21-35-20-25(31)19-34-18-24(30)17-28/h9,12,23-26,28-32H,2-8,10-11,13-22H2,1H3. The zero-order chi connectivity index (χ0) is 26.9. The van der Waals surface area contributed by atoms with Crippen molar-refractivity contribution in [1.29, 1.82) is 0 Å². The number of hydrogen-bond donors (Lipinski definition) is 5. The van der Waals surface area contributed by atoms with Gasteiger partial charge in [-0.2, -0.15) is 0 Å². The topological polar surface area (TPSA) is 146 Å². The quantitative estimate of drug-likeness (QED) is 0.0660. The highest BCUT2D eigenvalue weighted by atomic mass is 16.6. The summed E-state index contributed by atoms with van der Waals surface area (Å²) in [7, 11) is 0. The van der Waals surface area contributed by atoms with Crippen LogP contribution in [0.25, 0.3) is 0 Å². The predicted molar refractivity (Wildman–Crippen MR) is 139 cm³/mol. The number of aliphatic hydroxyl groups excluding tert-OH is 5. The van der Waals surface area contributed by atoms with Gasteiger partial charge in [0.2, 0.25) is 0 Å². The number of allylic oxidation sites excluding steroid dienone is 1. The maximum atomic E-state index is 11.8. The molecule has 0 amide bonds. The minimum absolute atomic E-state index is 0.0672. The third kappa shape index (κ3) is 24.6. The summed E-state index contributed by atoms with van der Waals surface area (Å²) in [6.07, 6.45) is 13.8. The van der Waals surface area contributed by atoms with E-state index in [2.05, 4.69) is 19.1 Å². The number of rotatable bonds is 26. The van der Waals surface area contributed by atoms with Crippen molar-refractivity contribution in [2.75, 3.05) is 39.6 Å². The van der Waals surface area contributed by atoms with Crippen LogP contribution in [0, 0.1) is 0 Å². The fraction of sp³-hybridized carbons (Fsp3) is 0.889. The Morgan fingerprint density at radius 2 is 1.28 bits per heavy atom. The first-order chi connectivity index (χ1) is 17.4. The number of ether oxygens (including phenoxy) is 3. The van der Waals surface area contributed by atoms with Gasteiger partial charge in [0.15, 0.2) is 0 Å². The Bertz CT molecular complexity index is 515. The summed E-state index contributed by atoms with van der Waals surface area (Å²) < 4.78 is 15.2. The van der Waals surface area contributed by atoms with Gasteiger partial charge < -0.3 is 39.7 Å². The van der Waals surface area contributed by atoms with Crippen LogP contribution in [0.4, 0.5) is 0 Å². The Balaban J connectivity index is 3.52. The third-order valence-corrected chi connectivity index (χ3v) is 5.61. The third-order valence-electron chi connectivity index (χ3n) is 5.61. The van der Waals surface area contributed by atoms with E-state index >= 15 is 0 Å². The molecule has 4 unspecified atom stereocenters. The number of carbonyl (C=O) groups excluding carboxylic acids is 1. The predicted octanol–water partition coefficient (Wildman–Crippen LogP) is 2.65. The van der Waals surface area contributed by atoms with Crippen molar-refractivity contribution < 1.29 is 44.5 Å². The highest BCUT2D eigenvalue weighted by Gasteiger charge is 2.12. The van der Waals surface area contributed by atoms with E-state index < -0.39 is 24.9 Å². The van der Waals surface area contributed by atoms with E-state index in [1.807, 2.05) is 0 Å². The van der Waals surface area contributed by atoms with Crippen molar-refractivity contribution in [1.82, 2.24) is 0 Å².